The Morgan fingerprint density at radius 1 is 1.03 bits per heavy atom. The molecule has 0 radical (unpaired) electrons. The third-order valence-corrected chi connectivity index (χ3v) is 6.77. The fourth-order valence-corrected chi connectivity index (χ4v) is 4.90. The van der Waals surface area contributed by atoms with Gasteiger partial charge in [-0.2, -0.15) is 0 Å². The number of fused-ring (bicyclic) bond motifs is 1. The molecule has 174 valence electrons. The van der Waals surface area contributed by atoms with Gasteiger partial charge in [-0.25, -0.2) is 9.97 Å². The van der Waals surface area contributed by atoms with Crippen LogP contribution in [0.25, 0.3) is 16.6 Å². The fourth-order valence-electron chi connectivity index (χ4n) is 3.84. The highest BCUT2D eigenvalue weighted by molar-refractivity contribution is 7.98. The molecule has 34 heavy (non-hydrogen) atoms. The summed E-state index contributed by atoms with van der Waals surface area (Å²) < 4.78 is 7.14. The van der Waals surface area contributed by atoms with E-state index in [9.17, 15) is 9.59 Å². The van der Waals surface area contributed by atoms with E-state index in [1.54, 1.807) is 10.6 Å². The van der Waals surface area contributed by atoms with Crippen LogP contribution in [0.15, 0.2) is 58.4 Å². The lowest BCUT2D eigenvalue weighted by Crippen LogP contribution is -2.23. The van der Waals surface area contributed by atoms with Gasteiger partial charge in [0.05, 0.1) is 34.5 Å². The number of para-hydroxylation sites is 1. The van der Waals surface area contributed by atoms with Crippen LogP contribution in [-0.2, 0) is 5.75 Å². The van der Waals surface area contributed by atoms with Crippen LogP contribution < -0.4 is 16.0 Å². The minimum absolute atomic E-state index is 0.162. The van der Waals surface area contributed by atoms with E-state index >= 15 is 0 Å². The molecule has 4 rings (SSSR count). The number of carbonyl (C=O) groups excluding carboxylic acids is 1. The molecule has 0 spiro atoms. The first-order valence-corrected chi connectivity index (χ1v) is 11.9. The second kappa shape index (κ2) is 9.69. The molecule has 1 amide bonds. The number of primary amides is 1. The zero-order chi connectivity index (χ0) is 24.4. The molecule has 2 heterocycles. The molecule has 2 N–H and O–H groups in total. The Balaban J connectivity index is 1.82. The number of hydrogen-bond donors (Lipinski definition) is 1. The normalized spacial score (nSPS) is 11.1. The maximum absolute atomic E-state index is 13.5. The largest absolute Gasteiger partial charge is 0.494 e. The minimum atomic E-state index is -0.522. The molecule has 2 aromatic heterocycles. The number of aromatic nitrogens is 3. The first-order chi connectivity index (χ1) is 16.3. The van der Waals surface area contributed by atoms with Gasteiger partial charge in [-0.3, -0.25) is 14.2 Å². The SMILES string of the molecule is CCOc1ccc(-n2c(CSc3nc(C)c(C)c(C)c3C(N)=O)nc3ccccc3c2=O)cc1. The summed E-state index contributed by atoms with van der Waals surface area (Å²) >= 11 is 1.34. The number of aryl methyl sites for hydroxylation is 1. The molecule has 0 unspecified atom stereocenters. The number of benzene rings is 2. The lowest BCUT2D eigenvalue weighted by atomic mass is 10.0. The van der Waals surface area contributed by atoms with Gasteiger partial charge in [0.1, 0.15) is 16.6 Å². The zero-order valence-electron chi connectivity index (χ0n) is 19.6. The molecule has 8 heteroatoms. The van der Waals surface area contributed by atoms with Gasteiger partial charge in [0.25, 0.3) is 11.5 Å². The Labute approximate surface area is 202 Å². The fraction of sp³-hybridized carbons (Fsp3) is 0.231. The van der Waals surface area contributed by atoms with Crippen molar-refractivity contribution in [3.05, 3.63) is 87.1 Å². The molecular formula is C26H26N4O3S. The molecule has 0 aliphatic rings. The standard InChI is InChI=1S/C26H26N4O3S/c1-5-33-19-12-10-18(11-13-19)30-22(29-21-9-7-6-8-20(21)26(30)32)14-34-25-23(24(27)31)16(3)15(2)17(4)28-25/h6-13H,5,14H2,1-4H3,(H2,27,31). The van der Waals surface area contributed by atoms with Gasteiger partial charge < -0.3 is 10.5 Å². The van der Waals surface area contributed by atoms with Gasteiger partial charge in [-0.15, -0.1) is 0 Å². The Morgan fingerprint density at radius 3 is 2.41 bits per heavy atom. The van der Waals surface area contributed by atoms with E-state index in [0.29, 0.717) is 45.4 Å². The number of nitrogens with zero attached hydrogens (tertiary/aromatic N) is 3. The van der Waals surface area contributed by atoms with E-state index in [1.165, 1.54) is 11.8 Å². The maximum atomic E-state index is 13.5. The summed E-state index contributed by atoms with van der Waals surface area (Å²) in [6, 6.07) is 14.6. The van der Waals surface area contributed by atoms with Crippen molar-refractivity contribution in [3.63, 3.8) is 0 Å². The number of nitrogens with two attached hydrogens (primary N) is 1. The number of thioether (sulfide) groups is 1. The molecule has 7 nitrogen and oxygen atoms in total. The van der Waals surface area contributed by atoms with Crippen LogP contribution in [0.2, 0.25) is 0 Å². The topological polar surface area (TPSA) is 100 Å². The van der Waals surface area contributed by atoms with Crippen molar-refractivity contribution >= 4 is 28.6 Å². The highest BCUT2D eigenvalue weighted by Gasteiger charge is 2.19. The molecule has 0 bridgehead atoms. The quantitative estimate of drug-likeness (QED) is 0.396. The van der Waals surface area contributed by atoms with Crippen LogP contribution in [0.4, 0.5) is 0 Å². The summed E-state index contributed by atoms with van der Waals surface area (Å²) in [5.41, 5.74) is 9.82. The Kier molecular flexibility index (Phi) is 6.70. The van der Waals surface area contributed by atoms with E-state index in [4.69, 9.17) is 15.5 Å². The minimum Gasteiger partial charge on any atom is -0.494 e. The van der Waals surface area contributed by atoms with Crippen molar-refractivity contribution in [1.82, 2.24) is 14.5 Å². The molecule has 0 saturated heterocycles. The van der Waals surface area contributed by atoms with Gasteiger partial charge in [0.15, 0.2) is 0 Å². The number of carbonyl (C=O) groups is 1. The summed E-state index contributed by atoms with van der Waals surface area (Å²) in [4.78, 5) is 35.1. The summed E-state index contributed by atoms with van der Waals surface area (Å²) in [5.74, 6) is 1.07. The van der Waals surface area contributed by atoms with Crippen molar-refractivity contribution in [1.29, 1.82) is 0 Å². The first kappa shape index (κ1) is 23.5. The lowest BCUT2D eigenvalue weighted by Gasteiger charge is -2.16. The number of rotatable bonds is 7. The predicted molar refractivity (Wildman–Crippen MR) is 135 cm³/mol. The predicted octanol–water partition coefficient (Wildman–Crippen LogP) is 4.50. The molecule has 4 aromatic rings. The van der Waals surface area contributed by atoms with Crippen LogP contribution in [-0.4, -0.2) is 27.0 Å². The first-order valence-electron chi connectivity index (χ1n) is 11.0. The summed E-state index contributed by atoms with van der Waals surface area (Å²) in [6.45, 7) is 8.18. The van der Waals surface area contributed by atoms with Crippen LogP contribution in [0.1, 0.15) is 39.9 Å². The average molecular weight is 475 g/mol. The summed E-state index contributed by atoms with van der Waals surface area (Å²) in [7, 11) is 0. The molecule has 0 aliphatic heterocycles. The number of amides is 1. The van der Waals surface area contributed by atoms with E-state index in [2.05, 4.69) is 4.98 Å². The lowest BCUT2D eigenvalue weighted by molar-refractivity contribution is 0.0996. The van der Waals surface area contributed by atoms with E-state index < -0.39 is 5.91 Å². The third kappa shape index (κ3) is 4.41. The highest BCUT2D eigenvalue weighted by Crippen LogP contribution is 2.29. The maximum Gasteiger partial charge on any atom is 0.265 e. The van der Waals surface area contributed by atoms with Crippen molar-refractivity contribution in [2.75, 3.05) is 6.61 Å². The molecule has 0 saturated carbocycles. The smallest absolute Gasteiger partial charge is 0.265 e. The molecule has 0 atom stereocenters. The van der Waals surface area contributed by atoms with Gasteiger partial charge in [0.2, 0.25) is 0 Å². The van der Waals surface area contributed by atoms with Crippen molar-refractivity contribution < 1.29 is 9.53 Å². The second-order valence-electron chi connectivity index (χ2n) is 7.89. The van der Waals surface area contributed by atoms with E-state index in [0.717, 1.165) is 22.6 Å². The van der Waals surface area contributed by atoms with Gasteiger partial charge in [0, 0.05) is 5.69 Å². The Hall–Kier alpha value is -3.65. The second-order valence-corrected chi connectivity index (χ2v) is 8.86. The highest BCUT2D eigenvalue weighted by atomic mass is 32.2. The number of pyridine rings is 1. The third-order valence-electron chi connectivity index (χ3n) is 5.80. The van der Waals surface area contributed by atoms with Gasteiger partial charge in [-0.05, 0) is 75.2 Å². The van der Waals surface area contributed by atoms with Crippen LogP contribution in [0.3, 0.4) is 0 Å². The molecule has 0 fully saturated rings. The van der Waals surface area contributed by atoms with Gasteiger partial charge in [-0.1, -0.05) is 23.9 Å². The average Bonchev–Trinajstić information content (AvgIpc) is 2.82. The van der Waals surface area contributed by atoms with Crippen molar-refractivity contribution in [3.8, 4) is 11.4 Å². The number of hydrogen-bond acceptors (Lipinski definition) is 6. The summed E-state index contributed by atoms with van der Waals surface area (Å²) in [6.07, 6.45) is 0. The summed E-state index contributed by atoms with van der Waals surface area (Å²) in [5, 5.41) is 1.07. The Bertz CT molecular complexity index is 1450. The van der Waals surface area contributed by atoms with Crippen molar-refractivity contribution in [2.24, 2.45) is 5.73 Å². The van der Waals surface area contributed by atoms with E-state index in [-0.39, 0.29) is 5.56 Å². The molecule has 2 aromatic carbocycles. The van der Waals surface area contributed by atoms with Crippen LogP contribution in [0, 0.1) is 20.8 Å². The monoisotopic (exact) mass is 474 g/mol. The van der Waals surface area contributed by atoms with Crippen molar-refractivity contribution in [2.45, 2.75) is 38.5 Å². The number of ether oxygens (including phenoxy) is 1. The Morgan fingerprint density at radius 2 is 1.74 bits per heavy atom. The molecular weight excluding hydrogens is 448 g/mol. The van der Waals surface area contributed by atoms with E-state index in [1.807, 2.05) is 70.2 Å². The zero-order valence-corrected chi connectivity index (χ0v) is 20.4. The molecule has 0 aliphatic carbocycles. The van der Waals surface area contributed by atoms with Crippen LogP contribution >= 0.6 is 11.8 Å². The van der Waals surface area contributed by atoms with Gasteiger partial charge >= 0.3 is 0 Å². The van der Waals surface area contributed by atoms with Crippen LogP contribution in [0.5, 0.6) is 5.75 Å².